The Balaban J connectivity index is 0.000000121. The first-order valence-corrected chi connectivity index (χ1v) is 7.45. The van der Waals surface area contributed by atoms with Gasteiger partial charge in [0.25, 0.3) is 0 Å². The molecule has 0 saturated heterocycles. The molecule has 1 heterocycles. The zero-order chi connectivity index (χ0) is 16.5. The summed E-state index contributed by atoms with van der Waals surface area (Å²) in [5.74, 6) is 1.41. The Morgan fingerprint density at radius 3 is 2.08 bits per heavy atom. The van der Waals surface area contributed by atoms with E-state index in [1.807, 2.05) is 36.4 Å². The van der Waals surface area contributed by atoms with Crippen molar-refractivity contribution in [2.75, 3.05) is 0 Å². The lowest BCUT2D eigenvalue weighted by atomic mass is 10.1. The fourth-order valence-corrected chi connectivity index (χ4v) is 2.63. The molecule has 1 N–H and O–H groups in total. The van der Waals surface area contributed by atoms with E-state index in [2.05, 4.69) is 0 Å². The Labute approximate surface area is 137 Å². The second-order valence-electron chi connectivity index (χ2n) is 5.48. The van der Waals surface area contributed by atoms with Gasteiger partial charge in [0.2, 0.25) is 0 Å². The van der Waals surface area contributed by atoms with Crippen LogP contribution in [-0.2, 0) is 0 Å². The van der Waals surface area contributed by atoms with Crippen molar-refractivity contribution in [3.63, 3.8) is 0 Å². The molecule has 24 heavy (non-hydrogen) atoms. The summed E-state index contributed by atoms with van der Waals surface area (Å²) in [6.07, 6.45) is 0. The largest absolute Gasteiger partial charge is 0.508 e. The Bertz CT molecular complexity index is 1000. The Morgan fingerprint density at radius 1 is 0.667 bits per heavy atom. The van der Waals surface area contributed by atoms with Crippen LogP contribution in [0.2, 0.25) is 0 Å². The molecule has 118 valence electrons. The van der Waals surface area contributed by atoms with Crippen LogP contribution in [0.15, 0.2) is 72.8 Å². The second-order valence-corrected chi connectivity index (χ2v) is 5.48. The molecule has 1 aliphatic rings. The van der Waals surface area contributed by atoms with Gasteiger partial charge in [-0.3, -0.25) is 9.78 Å². The molecule has 4 aromatic carbocycles. The maximum Gasteiger partial charge on any atom is 0.179 e. The highest BCUT2D eigenvalue weighted by molar-refractivity contribution is 5.85. The van der Waals surface area contributed by atoms with Gasteiger partial charge in [-0.25, -0.2) is 4.39 Å². The van der Waals surface area contributed by atoms with Gasteiger partial charge in [-0.05, 0) is 64.7 Å². The van der Waals surface area contributed by atoms with E-state index in [0.717, 1.165) is 22.3 Å². The topological polar surface area (TPSA) is 38.7 Å². The van der Waals surface area contributed by atoms with Crippen LogP contribution in [0.25, 0.3) is 21.5 Å². The molecule has 0 radical (unpaired) electrons. The van der Waals surface area contributed by atoms with Crippen molar-refractivity contribution in [3.05, 3.63) is 78.6 Å². The van der Waals surface area contributed by atoms with Crippen molar-refractivity contribution < 1.29 is 19.3 Å². The van der Waals surface area contributed by atoms with Crippen LogP contribution in [0.4, 0.5) is 4.39 Å². The number of aromatic hydroxyl groups is 1. The van der Waals surface area contributed by atoms with E-state index in [1.165, 1.54) is 17.5 Å². The van der Waals surface area contributed by atoms with Crippen LogP contribution in [0, 0.1) is 5.82 Å². The summed E-state index contributed by atoms with van der Waals surface area (Å²) in [5.41, 5.74) is 0. The predicted octanol–water partition coefficient (Wildman–Crippen LogP) is 5.21. The van der Waals surface area contributed by atoms with Gasteiger partial charge in [0.15, 0.2) is 11.5 Å². The molecule has 0 unspecified atom stereocenters. The first-order chi connectivity index (χ1) is 11.7. The zero-order valence-corrected chi connectivity index (χ0v) is 12.6. The van der Waals surface area contributed by atoms with Crippen molar-refractivity contribution >= 4 is 21.5 Å². The van der Waals surface area contributed by atoms with Crippen LogP contribution in [0.3, 0.4) is 0 Å². The molecule has 0 saturated carbocycles. The van der Waals surface area contributed by atoms with Crippen LogP contribution in [0.1, 0.15) is 0 Å². The van der Waals surface area contributed by atoms with Crippen LogP contribution >= 0.6 is 0 Å². The summed E-state index contributed by atoms with van der Waals surface area (Å²) >= 11 is 0. The number of benzene rings is 4. The first kappa shape index (κ1) is 14.3. The number of halogens is 1. The quantitative estimate of drug-likeness (QED) is 0.452. The molecule has 5 rings (SSSR count). The molecule has 4 aromatic rings. The number of hydrogen-bond acceptors (Lipinski definition) is 3. The van der Waals surface area contributed by atoms with E-state index in [9.17, 15) is 4.39 Å². The third-order valence-corrected chi connectivity index (χ3v) is 3.83. The summed E-state index contributed by atoms with van der Waals surface area (Å²) in [6.45, 7) is 0. The van der Waals surface area contributed by atoms with Gasteiger partial charge < -0.3 is 5.11 Å². The van der Waals surface area contributed by atoms with Crippen molar-refractivity contribution in [2.45, 2.75) is 0 Å². The molecule has 3 nitrogen and oxygen atoms in total. The van der Waals surface area contributed by atoms with Crippen molar-refractivity contribution in [2.24, 2.45) is 0 Å². The third-order valence-electron chi connectivity index (χ3n) is 3.83. The molecule has 3 bridgehead atoms. The van der Waals surface area contributed by atoms with E-state index < -0.39 is 0 Å². The van der Waals surface area contributed by atoms with Gasteiger partial charge >= 0.3 is 0 Å². The molecule has 4 heteroatoms. The van der Waals surface area contributed by atoms with E-state index >= 15 is 0 Å². The SMILES string of the molecule is Oc1ccc2c(F)cccc2c1.c1cc2ccc3cc2cc1OO3. The van der Waals surface area contributed by atoms with Crippen LogP contribution < -0.4 is 9.78 Å². The minimum Gasteiger partial charge on any atom is -0.508 e. The summed E-state index contributed by atoms with van der Waals surface area (Å²) in [5, 5.41) is 12.7. The Kier molecular flexibility index (Phi) is 3.43. The van der Waals surface area contributed by atoms with Crippen LogP contribution in [-0.4, -0.2) is 5.11 Å². The maximum atomic E-state index is 13.0. The lowest BCUT2D eigenvalue weighted by Crippen LogP contribution is -1.97. The summed E-state index contributed by atoms with van der Waals surface area (Å²) in [7, 11) is 0. The van der Waals surface area contributed by atoms with Gasteiger partial charge in [-0.1, -0.05) is 24.3 Å². The third kappa shape index (κ3) is 2.70. The molecular formula is C20H13FO3. The summed E-state index contributed by atoms with van der Waals surface area (Å²) in [4.78, 5) is 10.0. The average Bonchev–Trinajstić information content (AvgIpc) is 2.65. The van der Waals surface area contributed by atoms with Gasteiger partial charge in [-0.15, -0.1) is 0 Å². The molecule has 0 fully saturated rings. The molecule has 0 aliphatic carbocycles. The smallest absolute Gasteiger partial charge is 0.179 e. The normalized spacial score (nSPS) is 11.5. The van der Waals surface area contributed by atoms with Crippen molar-refractivity contribution in [1.29, 1.82) is 0 Å². The van der Waals surface area contributed by atoms with E-state index in [-0.39, 0.29) is 11.6 Å². The Morgan fingerprint density at radius 2 is 1.38 bits per heavy atom. The van der Waals surface area contributed by atoms with Gasteiger partial charge in [-0.2, -0.15) is 0 Å². The minimum atomic E-state index is -0.257. The molecular weight excluding hydrogens is 307 g/mol. The molecule has 1 aliphatic heterocycles. The van der Waals surface area contributed by atoms with Crippen LogP contribution in [0.5, 0.6) is 17.2 Å². The molecule has 0 spiro atoms. The zero-order valence-electron chi connectivity index (χ0n) is 12.6. The van der Waals surface area contributed by atoms with Gasteiger partial charge in [0.05, 0.1) is 0 Å². The number of phenols is 1. The highest BCUT2D eigenvalue weighted by atomic mass is 19.1. The number of hydrogen-bond donors (Lipinski definition) is 1. The van der Waals surface area contributed by atoms with E-state index in [1.54, 1.807) is 24.3 Å². The highest BCUT2D eigenvalue weighted by Crippen LogP contribution is 2.28. The number of fused-ring (bicyclic) bond motifs is 3. The van der Waals surface area contributed by atoms with Crippen molar-refractivity contribution in [3.8, 4) is 17.2 Å². The fourth-order valence-electron chi connectivity index (χ4n) is 2.63. The van der Waals surface area contributed by atoms with Crippen molar-refractivity contribution in [1.82, 2.24) is 0 Å². The average molecular weight is 320 g/mol. The molecule has 0 atom stereocenters. The standard InChI is InChI=1S/C10H7FO.C10H6O2/c11-10-3-1-2-7-6-8(12)4-5-9(7)10;1-3-9-5-8-6-10(12-11-9)4-2-7(1)8/h1-6,12H;1-6H. The summed E-state index contributed by atoms with van der Waals surface area (Å²) in [6, 6.07) is 21.1. The van der Waals surface area contributed by atoms with Gasteiger partial charge in [0, 0.05) is 5.39 Å². The minimum absolute atomic E-state index is 0.160. The first-order valence-electron chi connectivity index (χ1n) is 7.45. The summed E-state index contributed by atoms with van der Waals surface area (Å²) < 4.78 is 13.0. The van der Waals surface area contributed by atoms with Gasteiger partial charge in [0.1, 0.15) is 11.6 Å². The number of rotatable bonds is 0. The predicted molar refractivity (Wildman–Crippen MR) is 90.8 cm³/mol. The Hall–Kier alpha value is -3.27. The lowest BCUT2D eigenvalue weighted by Gasteiger charge is -1.99. The molecule has 0 aromatic heterocycles. The number of phenolic OH excluding ortho intramolecular Hbond substituents is 1. The van der Waals surface area contributed by atoms with E-state index in [4.69, 9.17) is 14.9 Å². The highest BCUT2D eigenvalue weighted by Gasteiger charge is 2.06. The second kappa shape index (κ2) is 5.74. The maximum absolute atomic E-state index is 13.0. The fraction of sp³-hybridized carbons (Fsp3) is 0. The van der Waals surface area contributed by atoms with E-state index in [0.29, 0.717) is 5.39 Å². The molecule has 0 amide bonds. The monoisotopic (exact) mass is 320 g/mol. The lowest BCUT2D eigenvalue weighted by molar-refractivity contribution is -0.0988.